The van der Waals surface area contributed by atoms with Gasteiger partial charge >= 0.3 is 0 Å². The highest BCUT2D eigenvalue weighted by Crippen LogP contribution is 2.28. The van der Waals surface area contributed by atoms with Crippen LogP contribution in [-0.4, -0.2) is 39.6 Å². The Morgan fingerprint density at radius 3 is 2.73 bits per heavy atom. The number of aromatic nitrogens is 2. The first kappa shape index (κ1) is 13.6. The fourth-order valence-corrected chi connectivity index (χ4v) is 3.64. The van der Waals surface area contributed by atoms with Gasteiger partial charge in [0.25, 0.3) is 0 Å². The van der Waals surface area contributed by atoms with Gasteiger partial charge in [0.2, 0.25) is 0 Å². The molecule has 0 amide bonds. The van der Waals surface area contributed by atoms with Gasteiger partial charge < -0.3 is 14.8 Å². The number of benzene rings is 1. The van der Waals surface area contributed by atoms with Gasteiger partial charge in [-0.2, -0.15) is 0 Å². The fourth-order valence-electron chi connectivity index (χ4n) is 3.64. The van der Waals surface area contributed by atoms with E-state index in [4.69, 9.17) is 0 Å². The summed E-state index contributed by atoms with van der Waals surface area (Å²) in [6.45, 7) is 7.43. The SMILES string of the molecule is C[C@@H]1CN(C2=Cc3ccccc3Cn3ccnc32)C[C@H](C)N1. The third kappa shape index (κ3) is 2.33. The Morgan fingerprint density at radius 1 is 1.14 bits per heavy atom. The zero-order chi connectivity index (χ0) is 15.1. The third-order valence-electron chi connectivity index (χ3n) is 4.53. The van der Waals surface area contributed by atoms with E-state index >= 15 is 0 Å². The van der Waals surface area contributed by atoms with Crippen molar-refractivity contribution in [2.24, 2.45) is 0 Å². The molecule has 114 valence electrons. The highest BCUT2D eigenvalue weighted by atomic mass is 15.3. The van der Waals surface area contributed by atoms with Crippen LogP contribution in [0.3, 0.4) is 0 Å². The largest absolute Gasteiger partial charge is 0.365 e. The molecule has 2 atom stereocenters. The maximum Gasteiger partial charge on any atom is 0.156 e. The minimum Gasteiger partial charge on any atom is -0.365 e. The molecule has 0 spiro atoms. The average Bonchev–Trinajstić information content (AvgIpc) is 2.87. The van der Waals surface area contributed by atoms with Gasteiger partial charge in [0.05, 0.1) is 5.70 Å². The lowest BCUT2D eigenvalue weighted by atomic mass is 10.1. The zero-order valence-electron chi connectivity index (χ0n) is 13.2. The summed E-state index contributed by atoms with van der Waals surface area (Å²) >= 11 is 0. The minimum absolute atomic E-state index is 0.492. The van der Waals surface area contributed by atoms with Crippen molar-refractivity contribution in [3.8, 4) is 0 Å². The van der Waals surface area contributed by atoms with E-state index in [0.29, 0.717) is 12.1 Å². The quantitative estimate of drug-likeness (QED) is 0.877. The average molecular weight is 294 g/mol. The molecule has 4 nitrogen and oxygen atoms in total. The van der Waals surface area contributed by atoms with Gasteiger partial charge in [0.15, 0.2) is 5.82 Å². The molecule has 1 N–H and O–H groups in total. The molecule has 0 bridgehead atoms. The molecule has 0 unspecified atom stereocenters. The second-order valence-corrected chi connectivity index (χ2v) is 6.48. The minimum atomic E-state index is 0.492. The Morgan fingerprint density at radius 2 is 1.91 bits per heavy atom. The van der Waals surface area contributed by atoms with E-state index < -0.39 is 0 Å². The molecule has 2 aromatic rings. The van der Waals surface area contributed by atoms with E-state index in [0.717, 1.165) is 25.5 Å². The van der Waals surface area contributed by atoms with Crippen molar-refractivity contribution < 1.29 is 0 Å². The number of imidazole rings is 1. The number of hydrogen-bond donors (Lipinski definition) is 1. The van der Waals surface area contributed by atoms with Crippen LogP contribution in [0.1, 0.15) is 30.8 Å². The van der Waals surface area contributed by atoms with Crippen LogP contribution in [0.2, 0.25) is 0 Å². The first-order valence-corrected chi connectivity index (χ1v) is 8.03. The number of hydrogen-bond acceptors (Lipinski definition) is 3. The fraction of sp³-hybridized carbons (Fsp3) is 0.389. The molecule has 1 saturated heterocycles. The summed E-state index contributed by atoms with van der Waals surface area (Å²) in [7, 11) is 0. The van der Waals surface area contributed by atoms with E-state index in [1.807, 2.05) is 6.20 Å². The van der Waals surface area contributed by atoms with Crippen molar-refractivity contribution in [1.82, 2.24) is 19.8 Å². The number of nitrogens with one attached hydrogen (secondary N) is 1. The number of piperazine rings is 1. The van der Waals surface area contributed by atoms with Crippen LogP contribution in [-0.2, 0) is 6.54 Å². The third-order valence-corrected chi connectivity index (χ3v) is 4.53. The molecule has 1 fully saturated rings. The lowest BCUT2D eigenvalue weighted by molar-refractivity contribution is 0.243. The summed E-state index contributed by atoms with van der Waals surface area (Å²) in [5.74, 6) is 1.08. The van der Waals surface area contributed by atoms with E-state index in [1.165, 1.54) is 16.8 Å². The molecule has 4 heteroatoms. The van der Waals surface area contributed by atoms with Crippen LogP contribution in [0.15, 0.2) is 36.7 Å². The topological polar surface area (TPSA) is 33.1 Å². The van der Waals surface area contributed by atoms with Crippen LogP contribution in [0.25, 0.3) is 11.8 Å². The summed E-state index contributed by atoms with van der Waals surface area (Å²) < 4.78 is 2.26. The number of nitrogens with zero attached hydrogens (tertiary/aromatic N) is 3. The Balaban J connectivity index is 1.81. The smallest absolute Gasteiger partial charge is 0.156 e. The van der Waals surface area contributed by atoms with Gasteiger partial charge in [-0.05, 0) is 31.1 Å². The maximum atomic E-state index is 4.64. The van der Waals surface area contributed by atoms with Gasteiger partial charge in [0.1, 0.15) is 0 Å². The molecule has 1 aromatic heterocycles. The Hall–Kier alpha value is -2.07. The Kier molecular flexibility index (Phi) is 3.26. The van der Waals surface area contributed by atoms with Crippen molar-refractivity contribution >= 4 is 11.8 Å². The first-order valence-electron chi connectivity index (χ1n) is 8.03. The summed E-state index contributed by atoms with van der Waals surface area (Å²) in [6, 6.07) is 9.63. The van der Waals surface area contributed by atoms with Crippen molar-refractivity contribution in [3.05, 3.63) is 53.6 Å². The second-order valence-electron chi connectivity index (χ2n) is 6.48. The van der Waals surface area contributed by atoms with E-state index in [9.17, 15) is 0 Å². The standard InChI is InChI=1S/C18H22N4/c1-13-10-22(11-14(2)20-13)17-9-15-5-3-4-6-16(15)12-21-8-7-19-18(17)21/h3-9,13-14,20H,10-12H2,1-2H3/t13-,14+. The predicted molar refractivity (Wildman–Crippen MR) is 89.3 cm³/mol. The summed E-state index contributed by atoms with van der Waals surface area (Å²) in [5, 5.41) is 3.60. The van der Waals surface area contributed by atoms with Gasteiger partial charge in [-0.1, -0.05) is 24.3 Å². The van der Waals surface area contributed by atoms with E-state index in [2.05, 4.69) is 70.2 Å². The van der Waals surface area contributed by atoms with Crippen LogP contribution < -0.4 is 5.32 Å². The predicted octanol–water partition coefficient (Wildman–Crippen LogP) is 2.43. The Bertz CT molecular complexity index is 705. The molecule has 1 aromatic carbocycles. The van der Waals surface area contributed by atoms with Crippen LogP contribution in [0, 0.1) is 0 Å². The molecule has 0 saturated carbocycles. The molecular formula is C18H22N4. The van der Waals surface area contributed by atoms with Crippen molar-refractivity contribution in [2.45, 2.75) is 32.5 Å². The molecule has 3 heterocycles. The summed E-state index contributed by atoms with van der Waals surface area (Å²) in [6.07, 6.45) is 6.30. The molecule has 4 rings (SSSR count). The molecule has 2 aliphatic rings. The number of fused-ring (bicyclic) bond motifs is 2. The molecule has 0 aliphatic carbocycles. The van der Waals surface area contributed by atoms with Gasteiger partial charge in [-0.15, -0.1) is 0 Å². The zero-order valence-corrected chi connectivity index (χ0v) is 13.2. The van der Waals surface area contributed by atoms with E-state index in [1.54, 1.807) is 0 Å². The van der Waals surface area contributed by atoms with Crippen molar-refractivity contribution in [3.63, 3.8) is 0 Å². The van der Waals surface area contributed by atoms with E-state index in [-0.39, 0.29) is 0 Å². The molecule has 0 radical (unpaired) electrons. The van der Waals surface area contributed by atoms with Gasteiger partial charge in [-0.25, -0.2) is 4.98 Å². The Labute approximate surface area is 131 Å². The highest BCUT2D eigenvalue weighted by Gasteiger charge is 2.26. The van der Waals surface area contributed by atoms with Crippen molar-refractivity contribution in [1.29, 1.82) is 0 Å². The van der Waals surface area contributed by atoms with Crippen LogP contribution >= 0.6 is 0 Å². The molecule has 2 aliphatic heterocycles. The normalized spacial score (nSPS) is 24.3. The van der Waals surface area contributed by atoms with Crippen molar-refractivity contribution in [2.75, 3.05) is 13.1 Å². The summed E-state index contributed by atoms with van der Waals surface area (Å²) in [5.41, 5.74) is 3.91. The van der Waals surface area contributed by atoms with Gasteiger partial charge in [-0.3, -0.25) is 0 Å². The maximum absolute atomic E-state index is 4.64. The van der Waals surface area contributed by atoms with Crippen LogP contribution in [0.5, 0.6) is 0 Å². The first-order chi connectivity index (χ1) is 10.7. The lowest BCUT2D eigenvalue weighted by Gasteiger charge is -2.38. The van der Waals surface area contributed by atoms with Crippen LogP contribution in [0.4, 0.5) is 0 Å². The molecule has 22 heavy (non-hydrogen) atoms. The lowest BCUT2D eigenvalue weighted by Crippen LogP contribution is -2.53. The molecular weight excluding hydrogens is 272 g/mol. The monoisotopic (exact) mass is 294 g/mol. The number of rotatable bonds is 1. The van der Waals surface area contributed by atoms with Gasteiger partial charge in [0, 0.05) is 44.1 Å². The highest BCUT2D eigenvalue weighted by molar-refractivity contribution is 5.80. The summed E-state index contributed by atoms with van der Waals surface area (Å²) in [4.78, 5) is 7.12. The second kappa shape index (κ2) is 5.29.